The van der Waals surface area contributed by atoms with Crippen molar-refractivity contribution in [3.63, 3.8) is 0 Å². The number of aliphatic carboxylic acids is 1. The minimum Gasteiger partial charge on any atom is -0.481 e. The van der Waals surface area contributed by atoms with Crippen LogP contribution in [0.2, 0.25) is 0 Å². The fourth-order valence-electron chi connectivity index (χ4n) is 4.44. The summed E-state index contributed by atoms with van der Waals surface area (Å²) in [5.41, 5.74) is 3.94. The highest BCUT2D eigenvalue weighted by Crippen LogP contribution is 2.24. The van der Waals surface area contributed by atoms with E-state index in [1.165, 1.54) is 0 Å². The molecule has 0 aromatic heterocycles. The normalized spacial score (nSPS) is 27.9. The number of Topliss-reactive ketones (excluding diaryl/α,β-unsaturated/α-hetero) is 1. The van der Waals surface area contributed by atoms with E-state index in [2.05, 4.69) is 10.6 Å². The smallest absolute Gasteiger partial charge is 0.303 e. The molecule has 14 heteroatoms. The Hall–Kier alpha value is -1.20. The fourth-order valence-corrected chi connectivity index (χ4v) is 4.44. The first kappa shape index (κ1) is 37.8. The zero-order chi connectivity index (χ0) is 31.6. The van der Waals surface area contributed by atoms with Crippen LogP contribution in [-0.4, -0.2) is 124 Å². The minimum absolute atomic E-state index is 0.0998. The van der Waals surface area contributed by atoms with E-state index in [9.17, 15) is 30.0 Å². The molecule has 240 valence electrons. The number of aliphatic hydroxyl groups excluding tert-OH is 4. The van der Waals surface area contributed by atoms with Crippen molar-refractivity contribution in [2.45, 2.75) is 140 Å². The molecule has 0 amide bonds. The van der Waals surface area contributed by atoms with Crippen LogP contribution in [-0.2, 0) is 23.8 Å². The Labute approximate surface area is 244 Å². The first-order valence-corrected chi connectivity index (χ1v) is 14.6. The van der Waals surface area contributed by atoms with Crippen molar-refractivity contribution >= 4 is 19.6 Å². The van der Waals surface area contributed by atoms with Gasteiger partial charge in [0.2, 0.25) is 0 Å². The number of hydrogen-bond acceptors (Lipinski definition) is 12. The number of aliphatic hydroxyl groups is 4. The van der Waals surface area contributed by atoms with Crippen molar-refractivity contribution in [1.29, 1.82) is 0 Å². The molecule has 1 saturated heterocycles. The maximum atomic E-state index is 13.5. The van der Waals surface area contributed by atoms with Gasteiger partial charge in [0.05, 0.1) is 30.0 Å². The lowest BCUT2D eigenvalue weighted by Crippen LogP contribution is -2.59. The van der Waals surface area contributed by atoms with Crippen LogP contribution in [0.5, 0.6) is 0 Å². The fraction of sp³-hybridized carbons (Fsp3) is 0.926. The van der Waals surface area contributed by atoms with Gasteiger partial charge in [0.25, 0.3) is 0 Å². The number of carboxylic acids is 1. The Bertz CT molecular complexity index is 820. The van der Waals surface area contributed by atoms with Crippen LogP contribution in [0.3, 0.4) is 0 Å². The van der Waals surface area contributed by atoms with Gasteiger partial charge in [-0.3, -0.25) is 14.9 Å². The van der Waals surface area contributed by atoms with Gasteiger partial charge in [-0.25, -0.2) is 0 Å². The van der Waals surface area contributed by atoms with Crippen LogP contribution in [0.1, 0.15) is 80.1 Å². The van der Waals surface area contributed by atoms with E-state index in [-0.39, 0.29) is 25.2 Å². The van der Waals surface area contributed by atoms with Crippen LogP contribution in [0.15, 0.2) is 0 Å². The number of hydrogen-bond donors (Lipinski definition) is 8. The van der Waals surface area contributed by atoms with Crippen molar-refractivity contribution in [3.05, 3.63) is 0 Å². The highest BCUT2D eigenvalue weighted by atomic mass is 16.6. The summed E-state index contributed by atoms with van der Waals surface area (Å²) in [6.45, 7) is 12.0. The van der Waals surface area contributed by atoms with Crippen LogP contribution in [0.4, 0.5) is 0 Å². The van der Waals surface area contributed by atoms with Crippen molar-refractivity contribution < 1.29 is 49.3 Å². The number of nitrogens with one attached hydrogen (secondary N) is 2. The SMILES string of the molecule is BC(C)(CCNC(C)(CC)C(=O)C(CCC(=O)O)NC(N)CC)OCCC(C)(C)OCC1OC(O)C(O)C(O)C1O. The summed E-state index contributed by atoms with van der Waals surface area (Å²) in [4.78, 5) is 24.6. The van der Waals surface area contributed by atoms with Crippen LogP contribution < -0.4 is 16.4 Å². The van der Waals surface area contributed by atoms with E-state index < -0.39 is 65.5 Å². The molecule has 0 aromatic carbocycles. The van der Waals surface area contributed by atoms with E-state index in [1.807, 2.05) is 49.4 Å². The lowest BCUT2D eigenvalue weighted by Gasteiger charge is -2.39. The number of carbonyl (C=O) groups excluding carboxylic acids is 1. The molecule has 0 saturated carbocycles. The third-order valence-corrected chi connectivity index (χ3v) is 7.83. The van der Waals surface area contributed by atoms with E-state index in [0.717, 1.165) is 0 Å². The summed E-state index contributed by atoms with van der Waals surface area (Å²) in [7, 11) is 1.95. The van der Waals surface area contributed by atoms with Crippen molar-refractivity contribution in [2.24, 2.45) is 5.73 Å². The second-order valence-corrected chi connectivity index (χ2v) is 12.4. The number of carbonyl (C=O) groups is 2. The van der Waals surface area contributed by atoms with Gasteiger partial charge in [0.15, 0.2) is 12.1 Å². The Kier molecular flexibility index (Phi) is 15.3. The summed E-state index contributed by atoms with van der Waals surface area (Å²) in [5.74, 6) is -1.09. The zero-order valence-corrected chi connectivity index (χ0v) is 25.8. The zero-order valence-electron chi connectivity index (χ0n) is 25.8. The third kappa shape index (κ3) is 12.5. The number of ketones is 1. The average Bonchev–Trinajstić information content (AvgIpc) is 2.89. The summed E-state index contributed by atoms with van der Waals surface area (Å²) in [5, 5.41) is 54.9. The molecule has 13 nitrogen and oxygen atoms in total. The average molecular weight is 592 g/mol. The maximum Gasteiger partial charge on any atom is 0.303 e. The van der Waals surface area contributed by atoms with Gasteiger partial charge < -0.3 is 50.8 Å². The van der Waals surface area contributed by atoms with Gasteiger partial charge in [0.1, 0.15) is 32.3 Å². The molecule has 9 N–H and O–H groups in total. The van der Waals surface area contributed by atoms with Crippen molar-refractivity contribution in [1.82, 2.24) is 10.6 Å². The second-order valence-electron chi connectivity index (χ2n) is 12.4. The summed E-state index contributed by atoms with van der Waals surface area (Å²) < 4.78 is 17.2. The van der Waals surface area contributed by atoms with Gasteiger partial charge in [-0.15, -0.1) is 0 Å². The predicted octanol–water partition coefficient (Wildman–Crippen LogP) is -1.43. The van der Waals surface area contributed by atoms with Gasteiger partial charge >= 0.3 is 5.97 Å². The van der Waals surface area contributed by atoms with Gasteiger partial charge in [-0.1, -0.05) is 13.8 Å². The van der Waals surface area contributed by atoms with E-state index >= 15 is 0 Å². The Balaban J connectivity index is 2.60. The number of ether oxygens (including phenoxy) is 3. The minimum atomic E-state index is -1.62. The lowest BCUT2D eigenvalue weighted by atomic mass is 9.79. The molecular formula is C27H54BN3O10. The molecule has 1 rings (SSSR count). The van der Waals surface area contributed by atoms with Crippen LogP contribution in [0.25, 0.3) is 0 Å². The molecule has 9 unspecified atom stereocenters. The van der Waals surface area contributed by atoms with Crippen LogP contribution in [0, 0.1) is 0 Å². The quantitative estimate of drug-likeness (QED) is 0.0603. The molecule has 1 aliphatic heterocycles. The number of nitrogens with two attached hydrogens (primary N) is 1. The Morgan fingerprint density at radius 1 is 1.02 bits per heavy atom. The molecule has 1 heterocycles. The summed E-state index contributed by atoms with van der Waals surface area (Å²) in [6, 6.07) is -0.679. The highest BCUT2D eigenvalue weighted by molar-refractivity contribution is 6.14. The number of carboxylic acid groups (broad SMARTS) is 1. The molecule has 0 aromatic rings. The highest BCUT2D eigenvalue weighted by Gasteiger charge is 2.43. The molecule has 41 heavy (non-hydrogen) atoms. The first-order valence-electron chi connectivity index (χ1n) is 14.6. The Morgan fingerprint density at radius 2 is 1.66 bits per heavy atom. The largest absolute Gasteiger partial charge is 0.481 e. The molecule has 0 bridgehead atoms. The molecule has 1 fully saturated rings. The maximum absolute atomic E-state index is 13.5. The lowest BCUT2D eigenvalue weighted by molar-refractivity contribution is -0.292. The molecule has 0 radical (unpaired) electrons. The molecule has 0 spiro atoms. The predicted molar refractivity (Wildman–Crippen MR) is 155 cm³/mol. The van der Waals surface area contributed by atoms with Crippen molar-refractivity contribution in [2.75, 3.05) is 19.8 Å². The van der Waals surface area contributed by atoms with Gasteiger partial charge in [-0.2, -0.15) is 0 Å². The molecule has 9 atom stereocenters. The van der Waals surface area contributed by atoms with Gasteiger partial charge in [0, 0.05) is 18.5 Å². The molecule has 0 aliphatic carbocycles. The standard InChI is InChI=1S/C27H54BN3O10/c1-7-18(29)31-16(9-10-19(32)33)23(37)26(5,8-2)30-13-11-27(6,28)39-14-12-25(3,4)40-15-17-20(34)21(35)22(36)24(38)41-17/h16-18,20-22,24,30-31,34-36,38H,7-15,28-29H2,1-6H3,(H,32,33). The molecule has 1 aliphatic rings. The van der Waals surface area contributed by atoms with Crippen LogP contribution >= 0.6 is 0 Å². The van der Waals surface area contributed by atoms with E-state index in [0.29, 0.717) is 38.8 Å². The second kappa shape index (κ2) is 16.6. The monoisotopic (exact) mass is 591 g/mol. The topological polar surface area (TPSA) is 213 Å². The summed E-state index contributed by atoms with van der Waals surface area (Å²) >= 11 is 0. The third-order valence-electron chi connectivity index (χ3n) is 7.83. The number of rotatable bonds is 20. The Morgan fingerprint density at radius 3 is 2.22 bits per heavy atom. The van der Waals surface area contributed by atoms with E-state index in [1.54, 1.807) is 0 Å². The van der Waals surface area contributed by atoms with Gasteiger partial charge in [-0.05, 0) is 66.3 Å². The first-order chi connectivity index (χ1) is 18.9. The van der Waals surface area contributed by atoms with E-state index in [4.69, 9.17) is 25.1 Å². The van der Waals surface area contributed by atoms with Crippen molar-refractivity contribution in [3.8, 4) is 0 Å². The molecular weight excluding hydrogens is 537 g/mol. The summed E-state index contributed by atoms with van der Waals surface area (Å²) in [6.07, 6.45) is -5.34.